The molecule has 2 heterocycles. The fraction of sp³-hybridized carbons (Fsp3) is 0.308. The van der Waals surface area contributed by atoms with Gasteiger partial charge in [-0.3, -0.25) is 0 Å². The Balaban J connectivity index is 2.55. The van der Waals surface area contributed by atoms with Gasteiger partial charge in [0.1, 0.15) is 5.82 Å². The summed E-state index contributed by atoms with van der Waals surface area (Å²) in [4.78, 5) is 12.9. The van der Waals surface area contributed by atoms with Crippen molar-refractivity contribution in [1.82, 2.24) is 15.0 Å². The first kappa shape index (κ1) is 11.5. The zero-order chi connectivity index (χ0) is 12.3. The molecule has 0 aliphatic rings. The molecular formula is C13H15N3O. The number of pyridine rings is 1. The minimum absolute atomic E-state index is 0.590. The van der Waals surface area contributed by atoms with Gasteiger partial charge in [0.15, 0.2) is 0 Å². The Morgan fingerprint density at radius 3 is 2.82 bits per heavy atom. The first-order chi connectivity index (χ1) is 8.22. The molecule has 17 heavy (non-hydrogen) atoms. The van der Waals surface area contributed by atoms with E-state index < -0.39 is 0 Å². The molecule has 0 aliphatic carbocycles. The van der Waals surface area contributed by atoms with Crippen molar-refractivity contribution in [3.63, 3.8) is 0 Å². The summed E-state index contributed by atoms with van der Waals surface area (Å²) in [7, 11) is 0. The SMILES string of the molecule is CCOc1ncccc1-c1nc(C)ncc1C. The Bertz CT molecular complexity index is 526. The van der Waals surface area contributed by atoms with Crippen LogP contribution in [0.1, 0.15) is 18.3 Å². The van der Waals surface area contributed by atoms with Gasteiger partial charge in [0.05, 0.1) is 17.9 Å². The third-order valence-electron chi connectivity index (χ3n) is 2.40. The highest BCUT2D eigenvalue weighted by molar-refractivity contribution is 5.67. The Morgan fingerprint density at radius 1 is 1.24 bits per heavy atom. The Hall–Kier alpha value is -1.97. The average molecular weight is 229 g/mol. The van der Waals surface area contributed by atoms with Crippen LogP contribution >= 0.6 is 0 Å². The molecule has 0 radical (unpaired) electrons. The fourth-order valence-corrected chi connectivity index (χ4v) is 1.63. The molecule has 88 valence electrons. The van der Waals surface area contributed by atoms with E-state index in [0.717, 1.165) is 22.6 Å². The number of ether oxygens (including phenoxy) is 1. The molecule has 0 spiro atoms. The molecule has 4 nitrogen and oxygen atoms in total. The molecule has 0 bridgehead atoms. The lowest BCUT2D eigenvalue weighted by molar-refractivity contribution is 0.328. The zero-order valence-electron chi connectivity index (χ0n) is 10.3. The minimum Gasteiger partial charge on any atom is -0.477 e. The molecular weight excluding hydrogens is 214 g/mol. The van der Waals surface area contributed by atoms with Crippen LogP contribution in [-0.4, -0.2) is 21.6 Å². The van der Waals surface area contributed by atoms with Gasteiger partial charge in [0, 0.05) is 12.4 Å². The molecule has 0 aliphatic heterocycles. The van der Waals surface area contributed by atoms with Crippen LogP contribution in [0.4, 0.5) is 0 Å². The zero-order valence-corrected chi connectivity index (χ0v) is 10.3. The van der Waals surface area contributed by atoms with E-state index in [4.69, 9.17) is 4.74 Å². The summed E-state index contributed by atoms with van der Waals surface area (Å²) in [6.07, 6.45) is 3.54. The summed E-state index contributed by atoms with van der Waals surface area (Å²) in [6, 6.07) is 3.85. The van der Waals surface area contributed by atoms with Gasteiger partial charge in [-0.2, -0.15) is 0 Å². The quantitative estimate of drug-likeness (QED) is 0.811. The summed E-state index contributed by atoms with van der Waals surface area (Å²) in [6.45, 7) is 6.39. The van der Waals surface area contributed by atoms with Gasteiger partial charge in [-0.15, -0.1) is 0 Å². The van der Waals surface area contributed by atoms with E-state index in [1.54, 1.807) is 6.20 Å². The normalized spacial score (nSPS) is 10.3. The van der Waals surface area contributed by atoms with Crippen molar-refractivity contribution in [2.45, 2.75) is 20.8 Å². The van der Waals surface area contributed by atoms with Crippen molar-refractivity contribution < 1.29 is 4.74 Å². The summed E-state index contributed by atoms with van der Waals surface area (Å²) >= 11 is 0. The van der Waals surface area contributed by atoms with Crippen LogP contribution < -0.4 is 4.74 Å². The van der Waals surface area contributed by atoms with Crippen LogP contribution in [0.15, 0.2) is 24.5 Å². The van der Waals surface area contributed by atoms with E-state index >= 15 is 0 Å². The maximum absolute atomic E-state index is 5.51. The largest absolute Gasteiger partial charge is 0.477 e. The van der Waals surface area contributed by atoms with E-state index in [9.17, 15) is 0 Å². The predicted molar refractivity (Wildman–Crippen MR) is 65.9 cm³/mol. The van der Waals surface area contributed by atoms with Crippen molar-refractivity contribution >= 4 is 0 Å². The van der Waals surface area contributed by atoms with E-state index in [-0.39, 0.29) is 0 Å². The van der Waals surface area contributed by atoms with Gasteiger partial charge in [-0.1, -0.05) is 0 Å². The first-order valence-corrected chi connectivity index (χ1v) is 5.60. The second kappa shape index (κ2) is 4.91. The number of aromatic nitrogens is 3. The van der Waals surface area contributed by atoms with Crippen LogP contribution in [-0.2, 0) is 0 Å². The lowest BCUT2D eigenvalue weighted by atomic mass is 10.1. The second-order valence-corrected chi connectivity index (χ2v) is 3.74. The molecule has 0 aromatic carbocycles. The third-order valence-corrected chi connectivity index (χ3v) is 2.40. The molecule has 2 aromatic heterocycles. The number of hydrogen-bond donors (Lipinski definition) is 0. The maximum atomic E-state index is 5.51. The van der Waals surface area contributed by atoms with Crippen molar-refractivity contribution in [3.05, 3.63) is 35.9 Å². The molecule has 0 saturated heterocycles. The number of aryl methyl sites for hydroxylation is 2. The lowest BCUT2D eigenvalue weighted by Crippen LogP contribution is -2.00. The molecule has 4 heteroatoms. The monoisotopic (exact) mass is 229 g/mol. The highest BCUT2D eigenvalue weighted by atomic mass is 16.5. The molecule has 2 aromatic rings. The molecule has 0 N–H and O–H groups in total. The summed E-state index contributed by atoms with van der Waals surface area (Å²) in [5.41, 5.74) is 2.82. The van der Waals surface area contributed by atoms with Crippen molar-refractivity contribution in [2.24, 2.45) is 0 Å². The fourth-order valence-electron chi connectivity index (χ4n) is 1.63. The van der Waals surface area contributed by atoms with Crippen LogP contribution in [0.2, 0.25) is 0 Å². The van der Waals surface area contributed by atoms with Crippen LogP contribution in [0.3, 0.4) is 0 Å². The lowest BCUT2D eigenvalue weighted by Gasteiger charge is -2.10. The summed E-state index contributed by atoms with van der Waals surface area (Å²) in [5.74, 6) is 1.37. The van der Waals surface area contributed by atoms with E-state index in [0.29, 0.717) is 12.5 Å². The predicted octanol–water partition coefficient (Wildman–Crippen LogP) is 2.55. The first-order valence-electron chi connectivity index (χ1n) is 5.60. The second-order valence-electron chi connectivity index (χ2n) is 3.74. The van der Waals surface area contributed by atoms with E-state index in [1.165, 1.54) is 0 Å². The van der Waals surface area contributed by atoms with Gasteiger partial charge in [0.25, 0.3) is 0 Å². The molecule has 0 saturated carbocycles. The summed E-state index contributed by atoms with van der Waals surface area (Å²) in [5, 5.41) is 0. The minimum atomic E-state index is 0.590. The molecule has 0 atom stereocenters. The topological polar surface area (TPSA) is 47.9 Å². The highest BCUT2D eigenvalue weighted by Gasteiger charge is 2.11. The number of rotatable bonds is 3. The van der Waals surface area contributed by atoms with Crippen molar-refractivity contribution in [1.29, 1.82) is 0 Å². The average Bonchev–Trinajstić information content (AvgIpc) is 2.34. The van der Waals surface area contributed by atoms with E-state index in [2.05, 4.69) is 15.0 Å². The van der Waals surface area contributed by atoms with Gasteiger partial charge in [-0.05, 0) is 38.5 Å². The van der Waals surface area contributed by atoms with Gasteiger partial charge in [0.2, 0.25) is 5.88 Å². The van der Waals surface area contributed by atoms with E-state index in [1.807, 2.05) is 39.1 Å². The Morgan fingerprint density at radius 2 is 2.06 bits per heavy atom. The van der Waals surface area contributed by atoms with Crippen LogP contribution in [0, 0.1) is 13.8 Å². The molecule has 0 amide bonds. The number of hydrogen-bond acceptors (Lipinski definition) is 4. The Labute approximate surface area is 101 Å². The van der Waals surface area contributed by atoms with Gasteiger partial charge < -0.3 is 4.74 Å². The third kappa shape index (κ3) is 2.41. The standard InChI is InChI=1S/C13H15N3O/c1-4-17-13-11(6-5-7-14-13)12-9(2)8-15-10(3)16-12/h5-8H,4H2,1-3H3. The number of nitrogens with zero attached hydrogens (tertiary/aromatic N) is 3. The molecule has 0 unspecified atom stereocenters. The smallest absolute Gasteiger partial charge is 0.222 e. The maximum Gasteiger partial charge on any atom is 0.222 e. The van der Waals surface area contributed by atoms with Crippen molar-refractivity contribution in [2.75, 3.05) is 6.61 Å². The molecule has 2 rings (SSSR count). The Kier molecular flexibility index (Phi) is 3.32. The summed E-state index contributed by atoms with van der Waals surface area (Å²) < 4.78 is 5.51. The van der Waals surface area contributed by atoms with Crippen LogP contribution in [0.5, 0.6) is 5.88 Å². The van der Waals surface area contributed by atoms with Gasteiger partial charge >= 0.3 is 0 Å². The van der Waals surface area contributed by atoms with Gasteiger partial charge in [-0.25, -0.2) is 15.0 Å². The highest BCUT2D eigenvalue weighted by Crippen LogP contribution is 2.28. The molecule has 0 fully saturated rings. The van der Waals surface area contributed by atoms with Crippen molar-refractivity contribution in [3.8, 4) is 17.1 Å². The van der Waals surface area contributed by atoms with Crippen LogP contribution in [0.25, 0.3) is 11.3 Å².